The van der Waals surface area contributed by atoms with E-state index in [4.69, 9.17) is 0 Å². The second-order valence-electron chi connectivity index (χ2n) is 4.29. The maximum absolute atomic E-state index is 12.1. The first kappa shape index (κ1) is 14.9. The number of benzene rings is 1. The summed E-state index contributed by atoms with van der Waals surface area (Å²) >= 11 is 0. The highest BCUT2D eigenvalue weighted by atomic mass is 32.2. The molecule has 1 heterocycles. The van der Waals surface area contributed by atoms with E-state index >= 15 is 0 Å². The number of aromatic nitrogens is 2. The molecule has 1 N–H and O–H groups in total. The van der Waals surface area contributed by atoms with Gasteiger partial charge in [-0.1, -0.05) is 30.4 Å². The van der Waals surface area contributed by atoms with Crippen molar-refractivity contribution in [1.82, 2.24) is 10.2 Å². The molecule has 1 aromatic carbocycles. The van der Waals surface area contributed by atoms with Gasteiger partial charge in [0.15, 0.2) is 9.84 Å². The molecule has 2 rings (SSSR count). The monoisotopic (exact) mass is 302 g/mol. The summed E-state index contributed by atoms with van der Waals surface area (Å²) in [5.74, 6) is -0.116. The molecule has 1 aromatic heterocycles. The summed E-state index contributed by atoms with van der Waals surface area (Å²) in [4.78, 5) is 11.2. The minimum absolute atomic E-state index is 0.116. The third-order valence-electron chi connectivity index (χ3n) is 2.73. The number of hydrogen-bond donors (Lipinski definition) is 1. The van der Waals surface area contributed by atoms with Gasteiger partial charge in [0.2, 0.25) is 0 Å². The van der Waals surface area contributed by atoms with Gasteiger partial charge in [-0.2, -0.15) is 5.10 Å². The van der Waals surface area contributed by atoms with Crippen molar-refractivity contribution in [2.45, 2.75) is 4.90 Å². The van der Waals surface area contributed by atoms with Crippen LogP contribution in [0.2, 0.25) is 0 Å². The van der Waals surface area contributed by atoms with Crippen LogP contribution in [-0.4, -0.2) is 24.4 Å². The molecule has 2 aromatic rings. The van der Waals surface area contributed by atoms with Crippen LogP contribution in [0.15, 0.2) is 58.7 Å². The molecular weight excluding hydrogens is 288 g/mol. The predicted molar refractivity (Wildman–Crippen MR) is 82.5 cm³/mol. The van der Waals surface area contributed by atoms with Crippen LogP contribution in [0.5, 0.6) is 0 Å². The Morgan fingerprint density at radius 3 is 2.57 bits per heavy atom. The smallest absolute Gasteiger partial charge is 0.264 e. The minimum atomic E-state index is -3.40. The van der Waals surface area contributed by atoms with E-state index in [0.29, 0.717) is 11.3 Å². The Morgan fingerprint density at radius 1 is 1.14 bits per heavy atom. The third kappa shape index (κ3) is 3.76. The van der Waals surface area contributed by atoms with Crippen LogP contribution in [0.3, 0.4) is 0 Å². The van der Waals surface area contributed by atoms with Crippen molar-refractivity contribution in [3.05, 3.63) is 70.7 Å². The van der Waals surface area contributed by atoms with Gasteiger partial charge in [0.05, 0.1) is 16.3 Å². The fraction of sp³-hybridized carbons (Fsp3) is 0.0667. The van der Waals surface area contributed by atoms with Crippen LogP contribution in [0.1, 0.15) is 11.3 Å². The molecular formula is C15H14N2O3S. The number of nitrogens with zero attached hydrogens (tertiary/aromatic N) is 1. The van der Waals surface area contributed by atoms with Gasteiger partial charge in [-0.15, -0.1) is 6.58 Å². The van der Waals surface area contributed by atoms with Crippen LogP contribution >= 0.6 is 0 Å². The van der Waals surface area contributed by atoms with E-state index in [1.165, 1.54) is 12.1 Å². The van der Waals surface area contributed by atoms with Crippen molar-refractivity contribution in [3.8, 4) is 0 Å². The third-order valence-corrected chi connectivity index (χ3v) is 4.44. The Kier molecular flexibility index (Phi) is 4.49. The largest absolute Gasteiger partial charge is 0.268 e. The molecule has 0 aliphatic heterocycles. The average molecular weight is 302 g/mol. The molecule has 0 bridgehead atoms. The van der Waals surface area contributed by atoms with Gasteiger partial charge in [-0.3, -0.25) is 4.79 Å². The molecule has 0 amide bonds. The van der Waals surface area contributed by atoms with Gasteiger partial charge in [0.25, 0.3) is 5.56 Å². The number of aromatic amines is 1. The maximum Gasteiger partial charge on any atom is 0.264 e. The van der Waals surface area contributed by atoms with Gasteiger partial charge in [-0.25, -0.2) is 13.5 Å². The number of H-pyrrole nitrogens is 1. The minimum Gasteiger partial charge on any atom is -0.268 e. The number of hydrogen-bond acceptors (Lipinski definition) is 4. The Bertz CT molecular complexity index is 815. The molecule has 21 heavy (non-hydrogen) atoms. The molecule has 0 radical (unpaired) electrons. The topological polar surface area (TPSA) is 79.9 Å². The SMILES string of the molecule is C=CCS(=O)(=O)c1ccccc1/C=C/c1ccc(=O)[nH]n1. The van der Waals surface area contributed by atoms with Gasteiger partial charge < -0.3 is 0 Å². The molecule has 108 valence electrons. The summed E-state index contributed by atoms with van der Waals surface area (Å²) in [6.45, 7) is 3.46. The lowest BCUT2D eigenvalue weighted by molar-refractivity contribution is 0.599. The van der Waals surface area contributed by atoms with Crippen molar-refractivity contribution < 1.29 is 8.42 Å². The normalized spacial score (nSPS) is 11.6. The molecule has 5 nitrogen and oxygen atoms in total. The van der Waals surface area contributed by atoms with Gasteiger partial charge in [-0.05, 0) is 23.8 Å². The fourth-order valence-corrected chi connectivity index (χ4v) is 3.04. The van der Waals surface area contributed by atoms with Crippen molar-refractivity contribution in [1.29, 1.82) is 0 Å². The second-order valence-corrected chi connectivity index (χ2v) is 6.29. The summed E-state index contributed by atoms with van der Waals surface area (Å²) in [5, 5.41) is 6.14. The summed E-state index contributed by atoms with van der Waals surface area (Å²) in [6.07, 6.45) is 4.65. The van der Waals surface area contributed by atoms with E-state index < -0.39 is 9.84 Å². The van der Waals surface area contributed by atoms with E-state index in [2.05, 4.69) is 16.8 Å². The summed E-state index contributed by atoms with van der Waals surface area (Å²) < 4.78 is 24.3. The van der Waals surface area contributed by atoms with Gasteiger partial charge in [0, 0.05) is 6.07 Å². The Labute approximate surface area is 122 Å². The molecule has 0 unspecified atom stereocenters. The quantitative estimate of drug-likeness (QED) is 0.855. The van der Waals surface area contributed by atoms with Gasteiger partial charge >= 0.3 is 0 Å². The number of rotatable bonds is 5. The van der Waals surface area contributed by atoms with Crippen LogP contribution in [-0.2, 0) is 9.84 Å². The molecule has 0 fully saturated rings. The number of sulfone groups is 1. The highest BCUT2D eigenvalue weighted by molar-refractivity contribution is 7.91. The van der Waals surface area contributed by atoms with Crippen LogP contribution < -0.4 is 5.56 Å². The van der Waals surface area contributed by atoms with Gasteiger partial charge in [0.1, 0.15) is 0 Å². The lowest BCUT2D eigenvalue weighted by Crippen LogP contribution is -2.06. The van der Waals surface area contributed by atoms with Crippen molar-refractivity contribution in [2.75, 3.05) is 5.75 Å². The molecule has 0 spiro atoms. The van der Waals surface area contributed by atoms with E-state index in [1.807, 2.05) is 0 Å². The maximum atomic E-state index is 12.1. The zero-order valence-corrected chi connectivity index (χ0v) is 12.0. The standard InChI is InChI=1S/C15H14N2O3S/c1-2-11-21(19,20)14-6-4-3-5-12(14)7-8-13-9-10-15(18)17-16-13/h2-10H,1,11H2,(H,17,18)/b8-7+. The first-order valence-corrected chi connectivity index (χ1v) is 7.84. The van der Waals surface area contributed by atoms with E-state index in [9.17, 15) is 13.2 Å². The molecule has 0 atom stereocenters. The molecule has 0 aliphatic rings. The van der Waals surface area contributed by atoms with Crippen molar-refractivity contribution >= 4 is 22.0 Å². The lowest BCUT2D eigenvalue weighted by atomic mass is 10.2. The molecule has 0 aliphatic carbocycles. The lowest BCUT2D eigenvalue weighted by Gasteiger charge is -2.05. The first-order chi connectivity index (χ1) is 10.0. The molecule has 0 saturated heterocycles. The zero-order valence-electron chi connectivity index (χ0n) is 11.2. The highest BCUT2D eigenvalue weighted by Crippen LogP contribution is 2.19. The summed E-state index contributed by atoms with van der Waals surface area (Å²) in [6, 6.07) is 9.60. The van der Waals surface area contributed by atoms with Crippen LogP contribution in [0, 0.1) is 0 Å². The first-order valence-electron chi connectivity index (χ1n) is 6.19. The zero-order chi connectivity index (χ0) is 15.3. The summed E-state index contributed by atoms with van der Waals surface area (Å²) in [5.41, 5.74) is 0.805. The summed E-state index contributed by atoms with van der Waals surface area (Å²) in [7, 11) is -3.40. The van der Waals surface area contributed by atoms with E-state index in [0.717, 1.165) is 0 Å². The Hall–Kier alpha value is -2.47. The Morgan fingerprint density at radius 2 is 1.90 bits per heavy atom. The molecule has 6 heteroatoms. The van der Waals surface area contributed by atoms with Crippen LogP contribution in [0.4, 0.5) is 0 Å². The predicted octanol–water partition coefficient (Wildman–Crippen LogP) is 1.90. The number of nitrogens with one attached hydrogen (secondary N) is 1. The van der Waals surface area contributed by atoms with Crippen LogP contribution in [0.25, 0.3) is 12.2 Å². The van der Waals surface area contributed by atoms with Crippen molar-refractivity contribution in [3.63, 3.8) is 0 Å². The van der Waals surface area contributed by atoms with E-state index in [-0.39, 0.29) is 16.2 Å². The van der Waals surface area contributed by atoms with Crippen molar-refractivity contribution in [2.24, 2.45) is 0 Å². The molecule has 0 saturated carbocycles. The van der Waals surface area contributed by atoms with E-state index in [1.54, 1.807) is 42.5 Å². The average Bonchev–Trinajstić information content (AvgIpc) is 2.47. The second kappa shape index (κ2) is 6.32. The Balaban J connectivity index is 2.39. The fourth-order valence-electron chi connectivity index (χ4n) is 1.77. The highest BCUT2D eigenvalue weighted by Gasteiger charge is 2.15.